The molecule has 0 N–H and O–H groups in total. The van der Waals surface area contributed by atoms with Crippen molar-refractivity contribution < 1.29 is 4.79 Å². The molecule has 3 aromatic heterocycles. The van der Waals surface area contributed by atoms with E-state index in [1.807, 2.05) is 13.2 Å². The quantitative estimate of drug-likeness (QED) is 0.589. The summed E-state index contributed by atoms with van der Waals surface area (Å²) in [4.78, 5) is 14.1. The number of aromatic nitrogens is 6. The van der Waals surface area contributed by atoms with Crippen LogP contribution in [0.25, 0.3) is 0 Å². The summed E-state index contributed by atoms with van der Waals surface area (Å²) in [5.74, 6) is -0.150. The highest BCUT2D eigenvalue weighted by atomic mass is 79.9. The van der Waals surface area contributed by atoms with Crippen LogP contribution in [0.1, 0.15) is 16.2 Å². The van der Waals surface area contributed by atoms with E-state index in [1.54, 1.807) is 50.6 Å². The van der Waals surface area contributed by atoms with Gasteiger partial charge in [-0.2, -0.15) is 15.3 Å². The number of nitrogens with zero attached hydrogens (tertiary/aromatic N) is 7. The van der Waals surface area contributed by atoms with E-state index in [0.29, 0.717) is 18.9 Å². The standard InChI is InChI=1S/C14H15Br2N7O/c1-20(8-13-11(16)6-17-21(13)2)14(24)12-3-4-22(19-12)9-23-7-10(15)5-18-23/h3-7H,8-9H2,1-2H3. The molecule has 10 heteroatoms. The molecule has 0 spiro atoms. The zero-order valence-electron chi connectivity index (χ0n) is 13.1. The normalized spacial score (nSPS) is 11.0. The Kier molecular flexibility index (Phi) is 4.86. The van der Waals surface area contributed by atoms with Crippen molar-refractivity contribution in [2.24, 2.45) is 7.05 Å². The zero-order chi connectivity index (χ0) is 17.3. The first-order valence-corrected chi connectivity index (χ1v) is 8.66. The lowest BCUT2D eigenvalue weighted by molar-refractivity contribution is 0.0774. The SMILES string of the molecule is CN(Cc1c(Br)cnn1C)C(=O)c1ccn(Cn2cc(Br)cn2)n1. The van der Waals surface area contributed by atoms with Crippen LogP contribution in [0, 0.1) is 0 Å². The molecule has 0 fully saturated rings. The van der Waals surface area contributed by atoms with Crippen molar-refractivity contribution in [2.45, 2.75) is 13.2 Å². The summed E-state index contributed by atoms with van der Waals surface area (Å²) in [5.41, 5.74) is 1.31. The zero-order valence-corrected chi connectivity index (χ0v) is 16.3. The highest BCUT2D eigenvalue weighted by molar-refractivity contribution is 9.10. The van der Waals surface area contributed by atoms with Crippen molar-refractivity contribution in [3.63, 3.8) is 0 Å². The average molecular weight is 457 g/mol. The average Bonchev–Trinajstić information content (AvgIpc) is 3.24. The first-order valence-electron chi connectivity index (χ1n) is 7.07. The molecule has 0 aromatic carbocycles. The second-order valence-electron chi connectivity index (χ2n) is 5.30. The molecule has 24 heavy (non-hydrogen) atoms. The molecule has 3 heterocycles. The maximum absolute atomic E-state index is 12.5. The van der Waals surface area contributed by atoms with Crippen LogP contribution in [-0.2, 0) is 20.3 Å². The van der Waals surface area contributed by atoms with Gasteiger partial charge in [-0.3, -0.25) is 14.2 Å². The van der Waals surface area contributed by atoms with Crippen molar-refractivity contribution in [1.82, 2.24) is 34.2 Å². The third-order valence-electron chi connectivity index (χ3n) is 3.50. The summed E-state index contributed by atoms with van der Waals surface area (Å²) >= 11 is 6.79. The minimum Gasteiger partial charge on any atom is -0.334 e. The van der Waals surface area contributed by atoms with Crippen LogP contribution in [0.2, 0.25) is 0 Å². The largest absolute Gasteiger partial charge is 0.334 e. The molecule has 1 amide bonds. The summed E-state index contributed by atoms with van der Waals surface area (Å²) in [7, 11) is 3.58. The van der Waals surface area contributed by atoms with Gasteiger partial charge in [0.15, 0.2) is 0 Å². The molecule has 0 saturated carbocycles. The molecule has 126 valence electrons. The first-order chi connectivity index (χ1) is 11.4. The fourth-order valence-electron chi connectivity index (χ4n) is 2.22. The van der Waals surface area contributed by atoms with Crippen molar-refractivity contribution >= 4 is 37.8 Å². The van der Waals surface area contributed by atoms with Crippen molar-refractivity contribution in [1.29, 1.82) is 0 Å². The van der Waals surface area contributed by atoms with Gasteiger partial charge in [0, 0.05) is 26.5 Å². The molecule has 0 unspecified atom stereocenters. The Bertz CT molecular complexity index is 847. The van der Waals surface area contributed by atoms with Crippen LogP contribution >= 0.6 is 31.9 Å². The Morgan fingerprint density at radius 2 is 2.04 bits per heavy atom. The number of rotatable bonds is 5. The molecule has 8 nitrogen and oxygen atoms in total. The van der Waals surface area contributed by atoms with Crippen molar-refractivity contribution in [3.8, 4) is 0 Å². The van der Waals surface area contributed by atoms with Crippen LogP contribution < -0.4 is 0 Å². The lowest BCUT2D eigenvalue weighted by Crippen LogP contribution is -2.28. The fourth-order valence-corrected chi connectivity index (χ4v) is 3.03. The third kappa shape index (κ3) is 3.59. The smallest absolute Gasteiger partial charge is 0.274 e. The number of hydrogen-bond donors (Lipinski definition) is 0. The van der Waals surface area contributed by atoms with Crippen LogP contribution in [0.15, 0.2) is 39.8 Å². The van der Waals surface area contributed by atoms with Crippen LogP contribution in [0.4, 0.5) is 0 Å². The predicted molar refractivity (Wildman–Crippen MR) is 94.3 cm³/mol. The summed E-state index contributed by atoms with van der Waals surface area (Å²) in [5, 5.41) is 12.6. The Balaban J connectivity index is 1.68. The van der Waals surface area contributed by atoms with Crippen molar-refractivity contribution in [2.75, 3.05) is 7.05 Å². The third-order valence-corrected chi connectivity index (χ3v) is 4.57. The number of aryl methyl sites for hydroxylation is 1. The van der Waals surface area contributed by atoms with E-state index in [4.69, 9.17) is 0 Å². The van der Waals surface area contributed by atoms with Gasteiger partial charge in [-0.1, -0.05) is 0 Å². The van der Waals surface area contributed by atoms with Gasteiger partial charge in [0.1, 0.15) is 12.4 Å². The monoisotopic (exact) mass is 455 g/mol. The van der Waals surface area contributed by atoms with Crippen LogP contribution in [-0.4, -0.2) is 47.2 Å². The minimum absolute atomic E-state index is 0.150. The predicted octanol–water partition coefficient (Wildman–Crippen LogP) is 2.12. The highest BCUT2D eigenvalue weighted by Gasteiger charge is 2.18. The summed E-state index contributed by atoms with van der Waals surface area (Å²) in [6, 6.07) is 1.70. The van der Waals surface area contributed by atoms with E-state index < -0.39 is 0 Å². The molecule has 0 bridgehead atoms. The van der Waals surface area contributed by atoms with E-state index in [0.717, 1.165) is 14.6 Å². The molecule has 0 saturated heterocycles. The van der Waals surface area contributed by atoms with E-state index in [2.05, 4.69) is 47.2 Å². The Morgan fingerprint density at radius 3 is 2.67 bits per heavy atom. The van der Waals surface area contributed by atoms with Crippen molar-refractivity contribution in [3.05, 3.63) is 51.2 Å². The van der Waals surface area contributed by atoms with Gasteiger partial charge in [-0.05, 0) is 37.9 Å². The van der Waals surface area contributed by atoms with E-state index in [9.17, 15) is 4.79 Å². The molecule has 3 rings (SSSR count). The number of halogens is 2. The Hall–Kier alpha value is -1.94. The second-order valence-corrected chi connectivity index (χ2v) is 7.07. The van der Waals surface area contributed by atoms with Gasteiger partial charge >= 0.3 is 0 Å². The van der Waals surface area contributed by atoms with Gasteiger partial charge < -0.3 is 4.90 Å². The summed E-state index contributed by atoms with van der Waals surface area (Å²) in [6.07, 6.45) is 7.02. The molecular formula is C14H15Br2N7O. The number of amides is 1. The van der Waals surface area contributed by atoms with Gasteiger partial charge in [-0.15, -0.1) is 0 Å². The van der Waals surface area contributed by atoms with E-state index >= 15 is 0 Å². The minimum atomic E-state index is -0.150. The summed E-state index contributed by atoms with van der Waals surface area (Å²) in [6.45, 7) is 0.880. The molecule has 0 atom stereocenters. The summed E-state index contributed by atoms with van der Waals surface area (Å²) < 4.78 is 6.90. The van der Waals surface area contributed by atoms with Gasteiger partial charge in [-0.25, -0.2) is 4.68 Å². The lowest BCUT2D eigenvalue weighted by Gasteiger charge is -2.16. The van der Waals surface area contributed by atoms with E-state index in [-0.39, 0.29) is 5.91 Å². The molecule has 0 aliphatic carbocycles. The van der Waals surface area contributed by atoms with Gasteiger partial charge in [0.25, 0.3) is 5.91 Å². The number of hydrogen-bond acceptors (Lipinski definition) is 4. The maximum Gasteiger partial charge on any atom is 0.274 e. The Morgan fingerprint density at radius 1 is 1.25 bits per heavy atom. The second kappa shape index (κ2) is 6.89. The van der Waals surface area contributed by atoms with Crippen LogP contribution in [0.3, 0.4) is 0 Å². The molecule has 0 aliphatic rings. The van der Waals surface area contributed by atoms with E-state index in [1.165, 1.54) is 0 Å². The van der Waals surface area contributed by atoms with Gasteiger partial charge in [0.2, 0.25) is 0 Å². The topological polar surface area (TPSA) is 73.8 Å². The molecular weight excluding hydrogens is 442 g/mol. The molecule has 3 aromatic rings. The first kappa shape index (κ1) is 16.9. The highest BCUT2D eigenvalue weighted by Crippen LogP contribution is 2.17. The molecule has 0 radical (unpaired) electrons. The lowest BCUT2D eigenvalue weighted by atomic mass is 10.3. The number of carbonyl (C=O) groups is 1. The van der Waals surface area contributed by atoms with Gasteiger partial charge in [0.05, 0.1) is 33.6 Å². The molecule has 0 aliphatic heterocycles. The fraction of sp³-hybridized carbons (Fsp3) is 0.286. The maximum atomic E-state index is 12.5. The number of carbonyl (C=O) groups excluding carboxylic acids is 1. The van der Waals surface area contributed by atoms with Crippen LogP contribution in [0.5, 0.6) is 0 Å². The Labute approximate surface area is 155 Å².